The van der Waals surface area contributed by atoms with Gasteiger partial charge in [0.1, 0.15) is 0 Å². The van der Waals surface area contributed by atoms with Crippen molar-refractivity contribution in [2.75, 3.05) is 0 Å². The minimum absolute atomic E-state index is 0.310. The molecule has 0 aromatic carbocycles. The van der Waals surface area contributed by atoms with Crippen molar-refractivity contribution < 1.29 is 0 Å². The van der Waals surface area contributed by atoms with E-state index >= 15 is 0 Å². The standard InChI is InChI=1S/C18H27N/c1-13(2)14(3)16-11-19(12-18(4,5)6)17-10-8-7-9-15(16)17/h7,9,11,13H,3,8,10,12H2,1-2,4-6H3. The molecular weight excluding hydrogens is 230 g/mol. The number of rotatable bonds is 3. The fourth-order valence-electron chi connectivity index (χ4n) is 2.72. The van der Waals surface area contributed by atoms with E-state index in [4.69, 9.17) is 0 Å². The maximum absolute atomic E-state index is 4.30. The molecule has 2 rings (SSSR count). The van der Waals surface area contributed by atoms with Crippen LogP contribution in [0.3, 0.4) is 0 Å². The minimum Gasteiger partial charge on any atom is -0.350 e. The molecule has 0 saturated carbocycles. The van der Waals surface area contributed by atoms with Gasteiger partial charge in [-0.25, -0.2) is 0 Å². The second-order valence-corrected chi connectivity index (χ2v) is 7.21. The lowest BCUT2D eigenvalue weighted by Crippen LogP contribution is -2.17. The maximum atomic E-state index is 4.30. The molecule has 1 aromatic rings. The van der Waals surface area contributed by atoms with Gasteiger partial charge in [-0.3, -0.25) is 0 Å². The Labute approximate surface area is 118 Å². The van der Waals surface area contributed by atoms with Gasteiger partial charge in [-0.2, -0.15) is 0 Å². The van der Waals surface area contributed by atoms with E-state index in [-0.39, 0.29) is 0 Å². The molecule has 1 aliphatic carbocycles. The molecule has 0 spiro atoms. The first kappa shape index (κ1) is 14.2. The predicted octanol–water partition coefficient (Wildman–Crippen LogP) is 5.16. The lowest BCUT2D eigenvalue weighted by molar-refractivity contribution is 0.339. The summed E-state index contributed by atoms with van der Waals surface area (Å²) in [6, 6.07) is 0. The molecule has 0 unspecified atom stereocenters. The van der Waals surface area contributed by atoms with Crippen LogP contribution in [-0.4, -0.2) is 4.57 Å². The van der Waals surface area contributed by atoms with Gasteiger partial charge in [-0.05, 0) is 29.7 Å². The van der Waals surface area contributed by atoms with Crippen molar-refractivity contribution in [3.05, 3.63) is 35.7 Å². The molecule has 0 saturated heterocycles. The SMILES string of the molecule is C=C(c1cn(CC(C)(C)C)c2c1C=CCC2)C(C)C. The monoisotopic (exact) mass is 257 g/mol. The van der Waals surface area contributed by atoms with Crippen molar-refractivity contribution in [3.63, 3.8) is 0 Å². The van der Waals surface area contributed by atoms with Crippen LogP contribution in [0, 0.1) is 11.3 Å². The molecule has 0 N–H and O–H groups in total. The van der Waals surface area contributed by atoms with E-state index in [1.165, 1.54) is 22.4 Å². The van der Waals surface area contributed by atoms with Crippen LogP contribution in [0.5, 0.6) is 0 Å². The van der Waals surface area contributed by atoms with Gasteiger partial charge in [0.25, 0.3) is 0 Å². The van der Waals surface area contributed by atoms with E-state index in [1.54, 1.807) is 0 Å². The maximum Gasteiger partial charge on any atom is 0.0271 e. The highest BCUT2D eigenvalue weighted by Gasteiger charge is 2.21. The summed E-state index contributed by atoms with van der Waals surface area (Å²) >= 11 is 0. The van der Waals surface area contributed by atoms with E-state index in [0.29, 0.717) is 11.3 Å². The quantitative estimate of drug-likeness (QED) is 0.704. The Morgan fingerprint density at radius 1 is 1.37 bits per heavy atom. The average molecular weight is 257 g/mol. The molecule has 0 fully saturated rings. The first-order valence-corrected chi connectivity index (χ1v) is 7.37. The van der Waals surface area contributed by atoms with Gasteiger partial charge in [0.15, 0.2) is 0 Å². The average Bonchev–Trinajstić information content (AvgIpc) is 2.65. The first-order chi connectivity index (χ1) is 8.79. The largest absolute Gasteiger partial charge is 0.350 e. The molecule has 1 heteroatoms. The predicted molar refractivity (Wildman–Crippen MR) is 85.1 cm³/mol. The summed E-state index contributed by atoms with van der Waals surface area (Å²) in [5.41, 5.74) is 5.83. The van der Waals surface area contributed by atoms with Gasteiger partial charge in [0.05, 0.1) is 0 Å². The first-order valence-electron chi connectivity index (χ1n) is 7.37. The Bertz CT molecular complexity index is 507. The van der Waals surface area contributed by atoms with Crippen LogP contribution in [-0.2, 0) is 13.0 Å². The van der Waals surface area contributed by atoms with Crippen LogP contribution in [0.25, 0.3) is 11.6 Å². The normalized spacial score (nSPS) is 14.8. The van der Waals surface area contributed by atoms with E-state index in [9.17, 15) is 0 Å². The molecule has 0 atom stereocenters. The number of fused-ring (bicyclic) bond motifs is 1. The second-order valence-electron chi connectivity index (χ2n) is 7.21. The van der Waals surface area contributed by atoms with Gasteiger partial charge < -0.3 is 4.57 Å². The summed E-state index contributed by atoms with van der Waals surface area (Å²) in [7, 11) is 0. The summed E-state index contributed by atoms with van der Waals surface area (Å²) in [4.78, 5) is 0. The molecule has 19 heavy (non-hydrogen) atoms. The Morgan fingerprint density at radius 2 is 2.05 bits per heavy atom. The van der Waals surface area contributed by atoms with Crippen LogP contribution >= 0.6 is 0 Å². The van der Waals surface area contributed by atoms with Crippen LogP contribution in [0.1, 0.15) is 57.9 Å². The zero-order valence-corrected chi connectivity index (χ0v) is 13.1. The summed E-state index contributed by atoms with van der Waals surface area (Å²) in [5.74, 6) is 0.505. The van der Waals surface area contributed by atoms with E-state index < -0.39 is 0 Å². The van der Waals surface area contributed by atoms with Crippen molar-refractivity contribution in [2.45, 2.75) is 54.0 Å². The lowest BCUT2D eigenvalue weighted by Gasteiger charge is -2.22. The third-order valence-corrected chi connectivity index (χ3v) is 3.75. The molecule has 0 amide bonds. The minimum atomic E-state index is 0.310. The molecular formula is C18H27N. The molecule has 1 nitrogen and oxygen atoms in total. The van der Waals surface area contributed by atoms with Gasteiger partial charge in [-0.15, -0.1) is 0 Å². The lowest BCUT2D eigenvalue weighted by atomic mass is 9.92. The molecule has 0 bridgehead atoms. The van der Waals surface area contributed by atoms with Crippen molar-refractivity contribution in [3.8, 4) is 0 Å². The van der Waals surface area contributed by atoms with Crippen molar-refractivity contribution in [1.82, 2.24) is 4.57 Å². The van der Waals surface area contributed by atoms with Gasteiger partial charge in [-0.1, -0.05) is 53.3 Å². The van der Waals surface area contributed by atoms with Crippen LogP contribution in [0.4, 0.5) is 0 Å². The number of aromatic nitrogens is 1. The van der Waals surface area contributed by atoms with Gasteiger partial charge in [0.2, 0.25) is 0 Å². The van der Waals surface area contributed by atoms with E-state index in [2.05, 4.69) is 64.1 Å². The fourth-order valence-corrected chi connectivity index (χ4v) is 2.72. The summed E-state index contributed by atoms with van der Waals surface area (Å²) in [6.07, 6.45) is 9.23. The zero-order valence-electron chi connectivity index (χ0n) is 13.1. The molecule has 1 aromatic heterocycles. The molecule has 1 aliphatic rings. The molecule has 1 heterocycles. The van der Waals surface area contributed by atoms with E-state index in [1.807, 2.05) is 0 Å². The molecule has 104 valence electrons. The summed E-state index contributed by atoms with van der Waals surface area (Å²) in [6.45, 7) is 16.7. The molecule has 0 radical (unpaired) electrons. The highest BCUT2D eigenvalue weighted by Crippen LogP contribution is 2.33. The highest BCUT2D eigenvalue weighted by molar-refractivity contribution is 5.76. The van der Waals surface area contributed by atoms with Crippen molar-refractivity contribution >= 4 is 11.6 Å². The Balaban J connectivity index is 2.47. The van der Waals surface area contributed by atoms with E-state index in [0.717, 1.165) is 19.4 Å². The topological polar surface area (TPSA) is 4.93 Å². The molecule has 0 aliphatic heterocycles. The smallest absolute Gasteiger partial charge is 0.0271 e. The van der Waals surface area contributed by atoms with Crippen molar-refractivity contribution in [2.24, 2.45) is 11.3 Å². The number of allylic oxidation sites excluding steroid dienone is 2. The van der Waals surface area contributed by atoms with Crippen LogP contribution in [0.15, 0.2) is 18.9 Å². The van der Waals surface area contributed by atoms with Crippen LogP contribution in [0.2, 0.25) is 0 Å². The number of hydrogen-bond acceptors (Lipinski definition) is 0. The fraction of sp³-hybridized carbons (Fsp3) is 0.556. The number of hydrogen-bond donors (Lipinski definition) is 0. The third kappa shape index (κ3) is 3.02. The van der Waals surface area contributed by atoms with Gasteiger partial charge >= 0.3 is 0 Å². The van der Waals surface area contributed by atoms with Gasteiger partial charge in [0, 0.05) is 29.6 Å². The summed E-state index contributed by atoms with van der Waals surface area (Å²) in [5, 5.41) is 0. The number of nitrogens with zero attached hydrogens (tertiary/aromatic N) is 1. The van der Waals surface area contributed by atoms with Crippen molar-refractivity contribution in [1.29, 1.82) is 0 Å². The summed E-state index contributed by atoms with van der Waals surface area (Å²) < 4.78 is 2.46. The third-order valence-electron chi connectivity index (χ3n) is 3.75. The Kier molecular flexibility index (Phi) is 3.75. The highest BCUT2D eigenvalue weighted by atomic mass is 15.0. The Morgan fingerprint density at radius 3 is 2.63 bits per heavy atom. The second kappa shape index (κ2) is 5.03. The Hall–Kier alpha value is -1.24. The van der Waals surface area contributed by atoms with Crippen LogP contribution < -0.4 is 0 Å². The zero-order chi connectivity index (χ0) is 14.2.